The van der Waals surface area contributed by atoms with E-state index in [-0.39, 0.29) is 6.10 Å². The van der Waals surface area contributed by atoms with E-state index in [9.17, 15) is 9.90 Å². The van der Waals surface area contributed by atoms with Gasteiger partial charge in [0.05, 0.1) is 6.10 Å². The maximum absolute atomic E-state index is 12.4. The fourth-order valence-electron chi connectivity index (χ4n) is 6.00. The normalized spacial score (nSPS) is 27.8. The van der Waals surface area contributed by atoms with Crippen molar-refractivity contribution in [2.75, 3.05) is 33.2 Å². The number of aliphatic hydroxyl groups excluding tert-OH is 1. The van der Waals surface area contributed by atoms with Crippen molar-refractivity contribution in [2.45, 2.75) is 64.4 Å². The van der Waals surface area contributed by atoms with Gasteiger partial charge in [0.2, 0.25) is 5.91 Å². The summed E-state index contributed by atoms with van der Waals surface area (Å²) in [6, 6.07) is 8.74. The molecule has 1 aromatic rings. The smallest absolute Gasteiger partial charge is 0.222 e. The molecule has 1 aliphatic heterocycles. The molecule has 0 radical (unpaired) electrons. The van der Waals surface area contributed by atoms with Crippen LogP contribution in [0.4, 0.5) is 0 Å². The van der Waals surface area contributed by atoms with Crippen LogP contribution in [0.2, 0.25) is 0 Å². The predicted octanol–water partition coefficient (Wildman–Crippen LogP) is 4.76. The third kappa shape index (κ3) is 6.58. The summed E-state index contributed by atoms with van der Waals surface area (Å²) in [7, 11) is 2.12. The molecule has 1 aromatic carbocycles. The maximum atomic E-state index is 12.4. The number of benzene rings is 1. The van der Waals surface area contributed by atoms with Crippen molar-refractivity contribution in [3.05, 3.63) is 59.2 Å². The zero-order valence-electron chi connectivity index (χ0n) is 20.6. The molecular weight excluding hydrogens is 408 g/mol. The number of fused-ring (bicyclic) bond motifs is 1. The summed E-state index contributed by atoms with van der Waals surface area (Å²) in [4.78, 5) is 16.8. The van der Waals surface area contributed by atoms with Crippen LogP contribution >= 0.6 is 0 Å². The van der Waals surface area contributed by atoms with E-state index in [1.165, 1.54) is 11.1 Å². The monoisotopic (exact) mass is 450 g/mol. The Hall–Kier alpha value is -1.91. The Morgan fingerprint density at radius 2 is 1.97 bits per heavy atom. The van der Waals surface area contributed by atoms with Crippen molar-refractivity contribution in [1.29, 1.82) is 0 Å². The van der Waals surface area contributed by atoms with E-state index >= 15 is 0 Å². The van der Waals surface area contributed by atoms with E-state index in [0.717, 1.165) is 71.1 Å². The molecular formula is C29H42N2O2. The molecule has 0 bridgehead atoms. The Morgan fingerprint density at radius 3 is 2.76 bits per heavy atom. The van der Waals surface area contributed by atoms with Gasteiger partial charge in [-0.1, -0.05) is 53.6 Å². The average Bonchev–Trinajstić information content (AvgIpc) is 3.31. The van der Waals surface area contributed by atoms with E-state index in [1.807, 2.05) is 4.90 Å². The minimum absolute atomic E-state index is 0.200. The number of carbonyl (C=O) groups is 1. The molecule has 33 heavy (non-hydrogen) atoms. The van der Waals surface area contributed by atoms with Gasteiger partial charge in [0.25, 0.3) is 0 Å². The van der Waals surface area contributed by atoms with Gasteiger partial charge in [0, 0.05) is 38.5 Å². The molecule has 4 heteroatoms. The third-order valence-corrected chi connectivity index (χ3v) is 7.98. The second-order valence-corrected chi connectivity index (χ2v) is 10.6. The number of aryl methyl sites for hydroxylation is 2. The Morgan fingerprint density at radius 1 is 1.15 bits per heavy atom. The number of rotatable bonds is 9. The number of amides is 1. The van der Waals surface area contributed by atoms with Crippen LogP contribution in [0.15, 0.2) is 48.1 Å². The minimum Gasteiger partial charge on any atom is -0.392 e. The van der Waals surface area contributed by atoms with E-state index in [0.29, 0.717) is 30.1 Å². The Bertz CT molecular complexity index is 853. The first-order valence-electron chi connectivity index (χ1n) is 13.1. The van der Waals surface area contributed by atoms with Gasteiger partial charge >= 0.3 is 0 Å². The highest BCUT2D eigenvalue weighted by Crippen LogP contribution is 2.48. The summed E-state index contributed by atoms with van der Waals surface area (Å²) in [5.41, 5.74) is 4.27. The van der Waals surface area contributed by atoms with Crippen LogP contribution in [0, 0.1) is 24.7 Å². The van der Waals surface area contributed by atoms with Gasteiger partial charge in [0.1, 0.15) is 0 Å². The maximum Gasteiger partial charge on any atom is 0.222 e. The summed E-state index contributed by atoms with van der Waals surface area (Å²) in [6.07, 6.45) is 14.9. The van der Waals surface area contributed by atoms with E-state index < -0.39 is 0 Å². The van der Waals surface area contributed by atoms with Crippen LogP contribution in [0.25, 0.3) is 0 Å². The second kappa shape index (κ2) is 11.5. The molecule has 0 spiro atoms. The van der Waals surface area contributed by atoms with Crippen LogP contribution in [0.1, 0.15) is 56.1 Å². The molecule has 180 valence electrons. The number of nitrogens with zero attached hydrogens (tertiary/aromatic N) is 2. The molecule has 1 saturated heterocycles. The fourth-order valence-corrected chi connectivity index (χ4v) is 6.00. The number of piperazine rings is 1. The molecule has 1 amide bonds. The molecule has 4 nitrogen and oxygen atoms in total. The summed E-state index contributed by atoms with van der Waals surface area (Å²) >= 11 is 0. The first kappa shape index (κ1) is 24.2. The lowest BCUT2D eigenvalue weighted by Gasteiger charge is -2.32. The predicted molar refractivity (Wildman–Crippen MR) is 135 cm³/mol. The van der Waals surface area contributed by atoms with E-state index in [4.69, 9.17) is 0 Å². The first-order chi connectivity index (χ1) is 16.0. The number of likely N-dealkylation sites (N-methyl/N-ethyl adjacent to an activating group) is 1. The average molecular weight is 451 g/mol. The molecule has 3 aliphatic rings. The Labute approximate surface area is 200 Å². The van der Waals surface area contributed by atoms with Gasteiger partial charge < -0.3 is 14.9 Å². The van der Waals surface area contributed by atoms with Crippen molar-refractivity contribution in [2.24, 2.45) is 17.8 Å². The van der Waals surface area contributed by atoms with Crippen molar-refractivity contribution in [3.8, 4) is 0 Å². The zero-order chi connectivity index (χ0) is 23.2. The number of allylic oxidation sites excluding steroid dienone is 3. The lowest BCUT2D eigenvalue weighted by molar-refractivity contribution is -0.132. The van der Waals surface area contributed by atoms with Crippen molar-refractivity contribution in [3.63, 3.8) is 0 Å². The van der Waals surface area contributed by atoms with Gasteiger partial charge in [0.15, 0.2) is 0 Å². The van der Waals surface area contributed by atoms with Crippen molar-refractivity contribution < 1.29 is 9.90 Å². The highest BCUT2D eigenvalue weighted by molar-refractivity contribution is 5.76. The summed E-state index contributed by atoms with van der Waals surface area (Å²) < 4.78 is 0. The van der Waals surface area contributed by atoms with E-state index in [2.05, 4.69) is 61.4 Å². The van der Waals surface area contributed by atoms with Crippen LogP contribution in [-0.2, 0) is 11.2 Å². The summed E-state index contributed by atoms with van der Waals surface area (Å²) in [5, 5.41) is 10.6. The van der Waals surface area contributed by atoms with Crippen LogP contribution in [0.3, 0.4) is 0 Å². The molecule has 4 rings (SSSR count). The number of carbonyl (C=O) groups excluding carboxylic acids is 1. The van der Waals surface area contributed by atoms with Crippen molar-refractivity contribution >= 4 is 5.91 Å². The van der Waals surface area contributed by atoms with Gasteiger partial charge in [-0.2, -0.15) is 0 Å². The number of hydrogen-bond donors (Lipinski definition) is 1. The SMILES string of the molecule is Cc1cccc(CC/C=C/[C@@H]2[C@H]3CC(CCCCC(=O)N4CCN(C)CC4)=C[C@H]3C[C@H]2O)c1. The molecule has 1 N–H and O–H groups in total. The quantitative estimate of drug-likeness (QED) is 0.436. The number of aliphatic hydroxyl groups is 1. The second-order valence-electron chi connectivity index (χ2n) is 10.6. The third-order valence-electron chi connectivity index (χ3n) is 7.98. The molecule has 0 aromatic heterocycles. The number of hydrogen-bond acceptors (Lipinski definition) is 3. The standard InChI is InChI=1S/C29H42N2O2/c1-22-8-7-11-23(18-22)9-3-5-12-26-27-20-24(19-25(27)21-28(26)32)10-4-6-13-29(33)31-16-14-30(2)15-17-31/h5,7-8,11-12,18-19,25-28,32H,3-4,6,9-10,13-17,20-21H2,1-2H3/b12-5+/t25-,26+,27-,28+/m0/s1. The molecule has 4 atom stereocenters. The van der Waals surface area contributed by atoms with Gasteiger partial charge in [-0.15, -0.1) is 0 Å². The van der Waals surface area contributed by atoms with Crippen LogP contribution in [0.5, 0.6) is 0 Å². The van der Waals surface area contributed by atoms with Gasteiger partial charge in [-0.25, -0.2) is 0 Å². The molecule has 1 heterocycles. The van der Waals surface area contributed by atoms with Gasteiger partial charge in [-0.05, 0) is 76.3 Å². The zero-order valence-corrected chi connectivity index (χ0v) is 20.6. The van der Waals surface area contributed by atoms with Gasteiger partial charge in [-0.3, -0.25) is 4.79 Å². The van der Waals surface area contributed by atoms with Crippen molar-refractivity contribution in [1.82, 2.24) is 9.80 Å². The topological polar surface area (TPSA) is 43.8 Å². The highest BCUT2D eigenvalue weighted by Gasteiger charge is 2.43. The Kier molecular flexibility index (Phi) is 8.43. The molecule has 1 saturated carbocycles. The lowest BCUT2D eigenvalue weighted by atomic mass is 9.88. The van der Waals surface area contributed by atoms with E-state index in [1.54, 1.807) is 5.57 Å². The number of unbranched alkanes of at least 4 members (excludes halogenated alkanes) is 1. The minimum atomic E-state index is -0.200. The molecule has 0 unspecified atom stereocenters. The Balaban J connectivity index is 1.17. The molecule has 2 fully saturated rings. The fraction of sp³-hybridized carbons (Fsp3) is 0.621. The largest absolute Gasteiger partial charge is 0.392 e. The van der Waals surface area contributed by atoms with Crippen LogP contribution < -0.4 is 0 Å². The summed E-state index contributed by atoms with van der Waals surface area (Å²) in [6.45, 7) is 5.90. The lowest BCUT2D eigenvalue weighted by Crippen LogP contribution is -2.47. The molecule has 2 aliphatic carbocycles. The highest BCUT2D eigenvalue weighted by atomic mass is 16.3. The summed E-state index contributed by atoms with van der Waals surface area (Å²) in [5.74, 6) is 1.73. The first-order valence-corrected chi connectivity index (χ1v) is 13.1. The van der Waals surface area contributed by atoms with Crippen LogP contribution in [-0.4, -0.2) is 60.1 Å².